The molecule has 4 heteroatoms. The lowest BCUT2D eigenvalue weighted by Gasteiger charge is -2.10. The van der Waals surface area contributed by atoms with Gasteiger partial charge in [-0.25, -0.2) is 4.68 Å². The Morgan fingerprint density at radius 2 is 2.20 bits per heavy atom. The third-order valence-electron chi connectivity index (χ3n) is 3.86. The number of hydrogen-bond acceptors (Lipinski definition) is 3. The van der Waals surface area contributed by atoms with Crippen LogP contribution >= 0.6 is 11.8 Å². The summed E-state index contributed by atoms with van der Waals surface area (Å²) >= 11 is 1.88. The molecule has 20 heavy (non-hydrogen) atoms. The maximum atomic E-state index is 4.87. The fourth-order valence-electron chi connectivity index (χ4n) is 2.86. The van der Waals surface area contributed by atoms with E-state index in [1.807, 2.05) is 11.8 Å². The smallest absolute Gasteiger partial charge is 0.133 e. The largest absolute Gasteiger partial charge is 0.369 e. The van der Waals surface area contributed by atoms with Gasteiger partial charge in [-0.2, -0.15) is 16.9 Å². The summed E-state index contributed by atoms with van der Waals surface area (Å²) < 4.78 is 2.10. The zero-order valence-corrected chi connectivity index (χ0v) is 13.2. The van der Waals surface area contributed by atoms with Crippen molar-refractivity contribution in [1.29, 1.82) is 0 Å². The predicted octanol–water partition coefficient (Wildman–Crippen LogP) is 3.36. The molecular weight excluding hydrogens is 266 g/mol. The first-order valence-electron chi connectivity index (χ1n) is 7.12. The molecule has 0 atom stereocenters. The summed E-state index contributed by atoms with van der Waals surface area (Å²) in [5.74, 6) is 2.34. The predicted molar refractivity (Wildman–Crippen MR) is 87.3 cm³/mol. The van der Waals surface area contributed by atoms with Gasteiger partial charge in [0, 0.05) is 18.5 Å². The maximum absolute atomic E-state index is 4.87. The molecule has 2 heterocycles. The normalized spacial score (nSPS) is 13.3. The number of benzene rings is 1. The van der Waals surface area contributed by atoms with Gasteiger partial charge in [0.25, 0.3) is 0 Å². The van der Waals surface area contributed by atoms with Crippen molar-refractivity contribution in [1.82, 2.24) is 9.78 Å². The summed E-state index contributed by atoms with van der Waals surface area (Å²) in [4.78, 5) is 0. The number of aryl methyl sites for hydroxylation is 3. The molecule has 0 unspecified atom stereocenters. The standard InChI is InChI=1S/C16H21N3S/c1-11-4-5-15(12(2)10-11)19-16-13(6-8-17-16)14(18-19)7-9-20-3/h4-5,10,17H,6-9H2,1-3H3. The highest BCUT2D eigenvalue weighted by molar-refractivity contribution is 7.98. The Labute approximate surface area is 124 Å². The Morgan fingerprint density at radius 1 is 1.35 bits per heavy atom. The van der Waals surface area contributed by atoms with Crippen LogP contribution in [-0.4, -0.2) is 28.3 Å². The van der Waals surface area contributed by atoms with Crippen molar-refractivity contribution in [3.8, 4) is 5.69 Å². The molecule has 1 aliphatic heterocycles. The van der Waals surface area contributed by atoms with Gasteiger partial charge in [-0.15, -0.1) is 0 Å². The SMILES string of the molecule is CSCCc1nn(-c2ccc(C)cc2C)c2c1CCN2. The summed E-state index contributed by atoms with van der Waals surface area (Å²) in [5, 5.41) is 8.37. The molecule has 0 radical (unpaired) electrons. The molecule has 106 valence electrons. The summed E-state index contributed by atoms with van der Waals surface area (Å²) in [6, 6.07) is 6.56. The Bertz CT molecular complexity index is 631. The number of nitrogens with one attached hydrogen (secondary N) is 1. The Balaban J connectivity index is 2.05. The number of anilines is 1. The van der Waals surface area contributed by atoms with Crippen molar-refractivity contribution in [2.24, 2.45) is 0 Å². The van der Waals surface area contributed by atoms with Crippen molar-refractivity contribution in [2.75, 3.05) is 23.9 Å². The first-order valence-corrected chi connectivity index (χ1v) is 8.51. The van der Waals surface area contributed by atoms with Crippen LogP contribution in [0.5, 0.6) is 0 Å². The molecule has 0 amide bonds. The van der Waals surface area contributed by atoms with E-state index in [2.05, 4.69) is 48.3 Å². The van der Waals surface area contributed by atoms with E-state index in [0.717, 1.165) is 25.1 Å². The van der Waals surface area contributed by atoms with Gasteiger partial charge in [0.2, 0.25) is 0 Å². The van der Waals surface area contributed by atoms with Crippen LogP contribution in [0.1, 0.15) is 22.4 Å². The van der Waals surface area contributed by atoms with Gasteiger partial charge >= 0.3 is 0 Å². The molecule has 1 aromatic heterocycles. The van der Waals surface area contributed by atoms with Crippen LogP contribution in [0.2, 0.25) is 0 Å². The maximum Gasteiger partial charge on any atom is 0.133 e. The van der Waals surface area contributed by atoms with Gasteiger partial charge < -0.3 is 5.32 Å². The number of thioether (sulfide) groups is 1. The highest BCUT2D eigenvalue weighted by Crippen LogP contribution is 2.30. The fraction of sp³-hybridized carbons (Fsp3) is 0.438. The minimum atomic E-state index is 1.03. The van der Waals surface area contributed by atoms with Crippen molar-refractivity contribution < 1.29 is 0 Å². The molecule has 1 N–H and O–H groups in total. The summed E-state index contributed by atoms with van der Waals surface area (Å²) in [6.45, 7) is 5.32. The molecule has 0 bridgehead atoms. The van der Waals surface area contributed by atoms with Crippen LogP contribution in [-0.2, 0) is 12.8 Å². The molecule has 0 aliphatic carbocycles. The van der Waals surface area contributed by atoms with Gasteiger partial charge in [-0.05, 0) is 43.9 Å². The average molecular weight is 287 g/mol. The average Bonchev–Trinajstić information content (AvgIpc) is 2.99. The van der Waals surface area contributed by atoms with Gasteiger partial charge in [-0.3, -0.25) is 0 Å². The third kappa shape index (κ3) is 2.33. The molecule has 0 saturated heterocycles. The first-order chi connectivity index (χ1) is 9.70. The third-order valence-corrected chi connectivity index (χ3v) is 4.47. The van der Waals surface area contributed by atoms with Crippen LogP contribution in [0.3, 0.4) is 0 Å². The second kappa shape index (κ2) is 5.52. The van der Waals surface area contributed by atoms with E-state index in [9.17, 15) is 0 Å². The van der Waals surface area contributed by atoms with E-state index in [1.54, 1.807) is 0 Å². The molecular formula is C16H21N3S. The molecule has 3 nitrogen and oxygen atoms in total. The highest BCUT2D eigenvalue weighted by atomic mass is 32.2. The molecule has 0 fully saturated rings. The quantitative estimate of drug-likeness (QED) is 0.935. The molecule has 3 rings (SSSR count). The van der Waals surface area contributed by atoms with Crippen molar-refractivity contribution in [2.45, 2.75) is 26.7 Å². The van der Waals surface area contributed by atoms with Gasteiger partial charge in [-0.1, -0.05) is 17.7 Å². The van der Waals surface area contributed by atoms with Crippen LogP contribution in [0.15, 0.2) is 18.2 Å². The molecule has 1 aliphatic rings. The van der Waals surface area contributed by atoms with Gasteiger partial charge in [0.15, 0.2) is 0 Å². The van der Waals surface area contributed by atoms with Crippen LogP contribution in [0, 0.1) is 13.8 Å². The van der Waals surface area contributed by atoms with Gasteiger partial charge in [0.1, 0.15) is 5.82 Å². The van der Waals surface area contributed by atoms with Crippen LogP contribution in [0.4, 0.5) is 5.82 Å². The zero-order chi connectivity index (χ0) is 14.1. The number of fused-ring (bicyclic) bond motifs is 1. The summed E-state index contributed by atoms with van der Waals surface area (Å²) in [6.07, 6.45) is 4.31. The van der Waals surface area contributed by atoms with Crippen LogP contribution in [0.25, 0.3) is 5.69 Å². The van der Waals surface area contributed by atoms with Crippen LogP contribution < -0.4 is 5.32 Å². The molecule has 1 aromatic carbocycles. The number of hydrogen-bond donors (Lipinski definition) is 1. The Kier molecular flexibility index (Phi) is 3.74. The lowest BCUT2D eigenvalue weighted by atomic mass is 10.1. The van der Waals surface area contributed by atoms with E-state index >= 15 is 0 Å². The number of rotatable bonds is 4. The lowest BCUT2D eigenvalue weighted by Crippen LogP contribution is -2.06. The lowest BCUT2D eigenvalue weighted by molar-refractivity contribution is 0.829. The second-order valence-corrected chi connectivity index (χ2v) is 6.38. The molecule has 0 saturated carbocycles. The Morgan fingerprint density at radius 3 is 2.95 bits per heavy atom. The fourth-order valence-corrected chi connectivity index (χ4v) is 3.26. The van der Waals surface area contributed by atoms with Gasteiger partial charge in [0.05, 0.1) is 11.4 Å². The first kappa shape index (κ1) is 13.6. The Hall–Kier alpha value is -1.42. The van der Waals surface area contributed by atoms with E-state index in [4.69, 9.17) is 5.10 Å². The van der Waals surface area contributed by atoms with E-state index in [0.29, 0.717) is 0 Å². The minimum Gasteiger partial charge on any atom is -0.369 e. The molecule has 2 aromatic rings. The number of aromatic nitrogens is 2. The monoisotopic (exact) mass is 287 g/mol. The minimum absolute atomic E-state index is 1.03. The van der Waals surface area contributed by atoms with Crippen molar-refractivity contribution in [3.05, 3.63) is 40.6 Å². The zero-order valence-electron chi connectivity index (χ0n) is 12.4. The van der Waals surface area contributed by atoms with E-state index < -0.39 is 0 Å². The topological polar surface area (TPSA) is 29.9 Å². The van der Waals surface area contributed by atoms with Crippen molar-refractivity contribution in [3.63, 3.8) is 0 Å². The second-order valence-electron chi connectivity index (χ2n) is 5.40. The summed E-state index contributed by atoms with van der Waals surface area (Å²) in [7, 11) is 0. The highest BCUT2D eigenvalue weighted by Gasteiger charge is 2.23. The summed E-state index contributed by atoms with van der Waals surface area (Å²) in [5.41, 5.74) is 6.45. The van der Waals surface area contributed by atoms with Crippen molar-refractivity contribution >= 4 is 17.6 Å². The van der Waals surface area contributed by atoms with E-state index in [-0.39, 0.29) is 0 Å². The van der Waals surface area contributed by atoms with E-state index in [1.165, 1.54) is 33.9 Å². The number of nitrogens with zero attached hydrogens (tertiary/aromatic N) is 2. The molecule has 0 spiro atoms.